The number of nitrogens with one attached hydrogen (secondary N) is 4. The van der Waals surface area contributed by atoms with Gasteiger partial charge in [0.1, 0.15) is 30.0 Å². The highest BCUT2D eigenvalue weighted by Gasteiger charge is 2.50. The predicted octanol–water partition coefficient (Wildman–Crippen LogP) is 5.49. The Morgan fingerprint density at radius 1 is 0.979 bits per heavy atom. The molecule has 5 rings (SSSR count). The Labute approximate surface area is 272 Å². The van der Waals surface area contributed by atoms with Crippen LogP contribution in [0.1, 0.15) is 69.6 Å². The molecule has 47 heavy (non-hydrogen) atoms. The molecule has 0 radical (unpaired) electrons. The van der Waals surface area contributed by atoms with Crippen molar-refractivity contribution in [1.82, 2.24) is 16.0 Å². The van der Waals surface area contributed by atoms with Crippen molar-refractivity contribution in [2.75, 3.05) is 11.9 Å². The molecule has 0 heterocycles. The number of aryl methyl sites for hydroxylation is 1. The molecular formula is C34H43F3N4O6. The maximum absolute atomic E-state index is 13.8. The summed E-state index contributed by atoms with van der Waals surface area (Å²) in [5, 5.41) is 21.5. The lowest BCUT2D eigenvalue weighted by Crippen LogP contribution is -2.59. The first-order valence-electron chi connectivity index (χ1n) is 16.0. The van der Waals surface area contributed by atoms with Crippen LogP contribution in [0.25, 0.3) is 0 Å². The minimum absolute atomic E-state index is 0.0331. The molecule has 2 aromatic carbocycles. The molecule has 0 saturated heterocycles. The average Bonchev–Trinajstić information content (AvgIpc) is 3.93. The van der Waals surface area contributed by atoms with Crippen molar-refractivity contribution in [3.63, 3.8) is 0 Å². The molecule has 0 aromatic heterocycles. The number of aliphatic hydroxyl groups excluding tert-OH is 1. The summed E-state index contributed by atoms with van der Waals surface area (Å²) >= 11 is 0. The van der Waals surface area contributed by atoms with Crippen LogP contribution >= 0.6 is 0 Å². The van der Waals surface area contributed by atoms with Crippen molar-refractivity contribution in [3.05, 3.63) is 65.2 Å². The molecule has 2 fully saturated rings. The third kappa shape index (κ3) is 9.16. The fraction of sp³-hybridized carbons (Fsp3) is 0.559. The Hall–Kier alpha value is -3.84. The van der Waals surface area contributed by atoms with Crippen molar-refractivity contribution in [3.8, 4) is 0 Å². The van der Waals surface area contributed by atoms with Gasteiger partial charge in [-0.15, -0.1) is 0 Å². The quantitative estimate of drug-likeness (QED) is 0.190. The number of benzene rings is 2. The number of alkyl carbamates (subject to hydrolysis) is 2. The molecule has 2 saturated carbocycles. The Balaban J connectivity index is 1.34. The number of rotatable bonds is 12. The van der Waals surface area contributed by atoms with Crippen LogP contribution in [-0.4, -0.2) is 53.8 Å². The zero-order valence-corrected chi connectivity index (χ0v) is 26.8. The van der Waals surface area contributed by atoms with Gasteiger partial charge in [0.25, 0.3) is 0 Å². The number of hydrogen-bond donors (Lipinski definition) is 5. The first-order valence-corrected chi connectivity index (χ1v) is 16.0. The Morgan fingerprint density at radius 2 is 1.64 bits per heavy atom. The molecule has 3 atom stereocenters. The highest BCUT2D eigenvalue weighted by molar-refractivity contribution is 5.97. The van der Waals surface area contributed by atoms with E-state index in [9.17, 15) is 32.7 Å². The molecule has 3 aliphatic rings. The summed E-state index contributed by atoms with van der Waals surface area (Å²) in [7, 11) is 0. The number of halogens is 3. The lowest BCUT2D eigenvalue weighted by molar-refractivity contribution is -0.135. The van der Waals surface area contributed by atoms with Gasteiger partial charge >= 0.3 is 18.4 Å². The monoisotopic (exact) mass is 660 g/mol. The van der Waals surface area contributed by atoms with E-state index >= 15 is 0 Å². The molecule has 0 aliphatic heterocycles. The minimum Gasteiger partial charge on any atom is -0.445 e. The van der Waals surface area contributed by atoms with Crippen LogP contribution in [0, 0.1) is 17.8 Å². The first kappa shape index (κ1) is 34.5. The van der Waals surface area contributed by atoms with E-state index in [4.69, 9.17) is 9.47 Å². The number of anilines is 1. The second kappa shape index (κ2) is 13.7. The summed E-state index contributed by atoms with van der Waals surface area (Å²) in [5.41, 5.74) is -0.257. The van der Waals surface area contributed by atoms with Gasteiger partial charge in [0.15, 0.2) is 0 Å². The van der Waals surface area contributed by atoms with Crippen molar-refractivity contribution in [2.24, 2.45) is 17.8 Å². The predicted molar refractivity (Wildman–Crippen MR) is 167 cm³/mol. The first-order chi connectivity index (χ1) is 22.1. The SMILES string of the molecule is CC(C)(C)OC(=O)NC1(C(O)NCC(F)(F)F)CCc2cc(NC(=O)[C@@H](NC(=O)OCc3ccccc3)C(C3CC3)C3CC3)ccc21. The number of ether oxygens (including phenoxy) is 2. The molecule has 5 N–H and O–H groups in total. The molecule has 0 bridgehead atoms. The van der Waals surface area contributed by atoms with Gasteiger partial charge in [0, 0.05) is 5.69 Å². The Morgan fingerprint density at radius 3 is 2.23 bits per heavy atom. The van der Waals surface area contributed by atoms with E-state index in [2.05, 4.69) is 21.3 Å². The zero-order chi connectivity index (χ0) is 34.0. The fourth-order valence-corrected chi connectivity index (χ4v) is 6.47. The number of aliphatic hydroxyl groups is 1. The number of alkyl halides is 3. The molecule has 13 heteroatoms. The summed E-state index contributed by atoms with van der Waals surface area (Å²) in [6.45, 7) is 3.54. The average molecular weight is 661 g/mol. The van der Waals surface area contributed by atoms with Crippen LogP contribution in [0.5, 0.6) is 0 Å². The van der Waals surface area contributed by atoms with Crippen LogP contribution in [0.2, 0.25) is 0 Å². The lowest BCUT2D eigenvalue weighted by atomic mass is 9.88. The van der Waals surface area contributed by atoms with E-state index in [-0.39, 0.29) is 18.9 Å². The maximum Gasteiger partial charge on any atom is 0.408 e. The van der Waals surface area contributed by atoms with Gasteiger partial charge in [0.05, 0.1) is 6.54 Å². The topological polar surface area (TPSA) is 138 Å². The maximum atomic E-state index is 13.8. The highest BCUT2D eigenvalue weighted by atomic mass is 19.4. The third-order valence-corrected chi connectivity index (χ3v) is 8.81. The van der Waals surface area contributed by atoms with Crippen LogP contribution in [0.15, 0.2) is 48.5 Å². The number of amides is 3. The molecule has 2 unspecified atom stereocenters. The van der Waals surface area contributed by atoms with Crippen LogP contribution in [-0.2, 0) is 32.8 Å². The minimum atomic E-state index is -4.60. The van der Waals surface area contributed by atoms with Crippen LogP contribution < -0.4 is 21.3 Å². The summed E-state index contributed by atoms with van der Waals surface area (Å²) in [6.07, 6.45) is -3.66. The van der Waals surface area contributed by atoms with E-state index < -0.39 is 54.2 Å². The largest absolute Gasteiger partial charge is 0.445 e. The van der Waals surface area contributed by atoms with E-state index in [0.717, 1.165) is 31.2 Å². The van der Waals surface area contributed by atoms with Crippen molar-refractivity contribution >= 4 is 23.8 Å². The lowest BCUT2D eigenvalue weighted by Gasteiger charge is -2.37. The molecule has 2 aromatic rings. The molecular weight excluding hydrogens is 617 g/mol. The highest BCUT2D eigenvalue weighted by Crippen LogP contribution is 2.51. The van der Waals surface area contributed by atoms with Crippen LogP contribution in [0.4, 0.5) is 28.4 Å². The van der Waals surface area contributed by atoms with Gasteiger partial charge in [-0.3, -0.25) is 10.1 Å². The smallest absolute Gasteiger partial charge is 0.408 e. The fourth-order valence-electron chi connectivity index (χ4n) is 6.47. The van der Waals surface area contributed by atoms with E-state index in [1.807, 2.05) is 30.3 Å². The third-order valence-electron chi connectivity index (χ3n) is 8.81. The van der Waals surface area contributed by atoms with Crippen molar-refractivity contribution < 1.29 is 42.1 Å². The number of carbonyl (C=O) groups is 3. The molecule has 256 valence electrons. The van der Waals surface area contributed by atoms with Gasteiger partial charge < -0.3 is 30.5 Å². The van der Waals surface area contributed by atoms with Gasteiger partial charge in [0.2, 0.25) is 5.91 Å². The Kier molecular flexibility index (Phi) is 10.1. The van der Waals surface area contributed by atoms with E-state index in [0.29, 0.717) is 35.1 Å². The number of carbonyl (C=O) groups excluding carboxylic acids is 3. The molecule has 0 spiro atoms. The summed E-state index contributed by atoms with van der Waals surface area (Å²) in [6, 6.07) is 13.2. The van der Waals surface area contributed by atoms with Gasteiger partial charge in [-0.2, -0.15) is 13.2 Å². The number of hydrogen-bond acceptors (Lipinski definition) is 7. The summed E-state index contributed by atoms with van der Waals surface area (Å²) < 4.78 is 50.0. The standard InChI is InChI=1S/C34H43F3N4O6/c1-32(2,3)47-31(45)41-33(29(43)38-19-34(35,36)37)16-15-23-17-24(13-14-25(23)33)39-28(42)27(26(21-9-10-21)22-11-12-22)40-30(44)46-18-20-7-5-4-6-8-20/h4-8,13-14,17,21-22,26-27,29,38,43H,9-12,15-16,18-19H2,1-3H3,(H,39,42)(H,40,44)(H,41,45)/t27-,29?,33?/m0/s1. The van der Waals surface area contributed by atoms with Gasteiger partial charge in [-0.25, -0.2) is 9.59 Å². The summed E-state index contributed by atoms with van der Waals surface area (Å²) in [4.78, 5) is 39.5. The van der Waals surface area contributed by atoms with Gasteiger partial charge in [-0.05, 0) is 106 Å². The second-order valence-corrected chi connectivity index (χ2v) is 13.8. The zero-order valence-electron chi connectivity index (χ0n) is 26.8. The molecule has 3 amide bonds. The van der Waals surface area contributed by atoms with E-state index in [1.54, 1.807) is 39.0 Å². The van der Waals surface area contributed by atoms with Crippen molar-refractivity contribution in [2.45, 2.75) is 95.5 Å². The van der Waals surface area contributed by atoms with Crippen LogP contribution in [0.3, 0.4) is 0 Å². The Bertz CT molecular complexity index is 1430. The molecule has 3 aliphatic carbocycles. The van der Waals surface area contributed by atoms with Crippen molar-refractivity contribution in [1.29, 1.82) is 0 Å². The van der Waals surface area contributed by atoms with Gasteiger partial charge in [-0.1, -0.05) is 36.4 Å². The normalized spacial score (nSPS) is 20.6. The second-order valence-electron chi connectivity index (χ2n) is 13.8. The van der Waals surface area contributed by atoms with E-state index in [1.165, 1.54) is 0 Å². The number of fused-ring (bicyclic) bond motifs is 1. The molecule has 10 nitrogen and oxygen atoms in total. The summed E-state index contributed by atoms with van der Waals surface area (Å²) in [5.74, 6) is 0.235.